The lowest BCUT2D eigenvalue weighted by Gasteiger charge is -2.37. The maximum atomic E-state index is 6.34. The molecule has 0 aromatic rings. The van der Waals surface area contributed by atoms with Crippen LogP contribution in [0, 0.1) is 0 Å². The van der Waals surface area contributed by atoms with Crippen molar-refractivity contribution in [2.75, 3.05) is 13.1 Å². The fraction of sp³-hybridized carbons (Fsp3) is 0.600. The molecule has 84 valence electrons. The molecule has 0 bridgehead atoms. The fourth-order valence-corrected chi connectivity index (χ4v) is 2.43. The highest BCUT2D eigenvalue weighted by Gasteiger charge is 2.33. The third-order valence-electron chi connectivity index (χ3n) is 3.00. The minimum atomic E-state index is -0.647. The maximum absolute atomic E-state index is 6.34. The number of hydrogen-bond acceptors (Lipinski definition) is 2. The Morgan fingerprint density at radius 3 is 2.60 bits per heavy atom. The van der Waals surface area contributed by atoms with Crippen molar-refractivity contribution in [2.45, 2.75) is 23.2 Å². The standard InChI is InChI=1S/C10H16BrClN3/c11-10(12)5-4-9(8-14-10)15(13)6-2-1-3-7-15/h4-5,8,14H,1-3,6-7,13H2/q+1. The van der Waals surface area contributed by atoms with Crippen LogP contribution in [-0.2, 0) is 0 Å². The van der Waals surface area contributed by atoms with Crippen LogP contribution in [0.5, 0.6) is 0 Å². The summed E-state index contributed by atoms with van der Waals surface area (Å²) >= 11 is 9.38. The summed E-state index contributed by atoms with van der Waals surface area (Å²) in [5, 5.41) is 3.07. The Kier molecular flexibility index (Phi) is 3.12. The molecule has 0 aliphatic carbocycles. The summed E-state index contributed by atoms with van der Waals surface area (Å²) in [6.45, 7) is 2.02. The summed E-state index contributed by atoms with van der Waals surface area (Å²) < 4.78 is -0.116. The Hall–Kier alpha value is -0.0300. The van der Waals surface area contributed by atoms with Crippen LogP contribution in [0.1, 0.15) is 19.3 Å². The van der Waals surface area contributed by atoms with Crippen LogP contribution in [0.2, 0.25) is 0 Å². The van der Waals surface area contributed by atoms with E-state index >= 15 is 0 Å². The van der Waals surface area contributed by atoms with E-state index in [1.54, 1.807) is 0 Å². The number of alkyl halides is 2. The van der Waals surface area contributed by atoms with E-state index < -0.39 is 3.91 Å². The molecule has 1 atom stereocenters. The smallest absolute Gasteiger partial charge is 0.187 e. The van der Waals surface area contributed by atoms with Gasteiger partial charge >= 0.3 is 0 Å². The van der Waals surface area contributed by atoms with Crippen molar-refractivity contribution in [1.29, 1.82) is 0 Å². The second-order valence-electron chi connectivity index (χ2n) is 4.21. The quantitative estimate of drug-likeness (QED) is 0.336. The van der Waals surface area contributed by atoms with Crippen molar-refractivity contribution in [3.63, 3.8) is 0 Å². The van der Waals surface area contributed by atoms with Crippen LogP contribution < -0.4 is 11.2 Å². The molecule has 0 spiro atoms. The van der Waals surface area contributed by atoms with E-state index in [2.05, 4.69) is 21.2 Å². The summed E-state index contributed by atoms with van der Waals surface area (Å²) in [5.74, 6) is 6.34. The van der Waals surface area contributed by atoms with Crippen molar-refractivity contribution < 1.29 is 4.59 Å². The second kappa shape index (κ2) is 4.09. The number of nitrogens with two attached hydrogens (primary N) is 1. The van der Waals surface area contributed by atoms with Gasteiger partial charge in [-0.15, -0.1) is 0 Å². The minimum absolute atomic E-state index is 0.531. The molecule has 3 nitrogen and oxygen atoms in total. The number of nitrogens with zero attached hydrogens (tertiary/aromatic N) is 1. The minimum Gasteiger partial charge on any atom is -0.356 e. The number of dihydropyridines is 1. The lowest BCUT2D eigenvalue weighted by Crippen LogP contribution is -2.56. The number of likely N-dealkylation sites (tertiary alicyclic amines) is 1. The number of quaternary nitrogens is 1. The van der Waals surface area contributed by atoms with Crippen molar-refractivity contribution in [3.8, 4) is 0 Å². The maximum Gasteiger partial charge on any atom is 0.187 e. The van der Waals surface area contributed by atoms with E-state index in [1.807, 2.05) is 18.4 Å². The third-order valence-corrected chi connectivity index (χ3v) is 3.73. The highest BCUT2D eigenvalue weighted by atomic mass is 79.9. The molecule has 3 N–H and O–H groups in total. The molecule has 0 radical (unpaired) electrons. The van der Waals surface area contributed by atoms with Crippen LogP contribution in [0.15, 0.2) is 24.0 Å². The SMILES string of the molecule is N[N+]1(C2=CNC(Cl)(Br)C=C2)CCCCC1. The Labute approximate surface area is 104 Å². The molecule has 0 amide bonds. The average Bonchev–Trinajstić information content (AvgIpc) is 2.18. The van der Waals surface area contributed by atoms with Gasteiger partial charge in [-0.05, 0) is 41.3 Å². The highest BCUT2D eigenvalue weighted by Crippen LogP contribution is 2.29. The van der Waals surface area contributed by atoms with E-state index in [4.69, 9.17) is 17.4 Å². The van der Waals surface area contributed by atoms with E-state index in [0.29, 0.717) is 4.59 Å². The molecule has 2 aliphatic heterocycles. The van der Waals surface area contributed by atoms with Gasteiger partial charge in [0.05, 0.1) is 6.20 Å². The topological polar surface area (TPSA) is 38.0 Å². The van der Waals surface area contributed by atoms with E-state index in [1.165, 1.54) is 19.3 Å². The van der Waals surface area contributed by atoms with Gasteiger partial charge in [0.1, 0.15) is 13.1 Å². The first kappa shape index (κ1) is 11.5. The van der Waals surface area contributed by atoms with Gasteiger partial charge in [-0.3, -0.25) is 0 Å². The number of nitrogens with one attached hydrogen (secondary N) is 1. The van der Waals surface area contributed by atoms with Crippen molar-refractivity contribution >= 4 is 27.5 Å². The molecule has 2 heterocycles. The lowest BCUT2D eigenvalue weighted by molar-refractivity contribution is -0.906. The molecule has 15 heavy (non-hydrogen) atoms. The van der Waals surface area contributed by atoms with Gasteiger partial charge in [0.15, 0.2) is 9.60 Å². The van der Waals surface area contributed by atoms with E-state index in [0.717, 1.165) is 18.8 Å². The Morgan fingerprint density at radius 2 is 2.07 bits per heavy atom. The molecular weight excluding hydrogens is 277 g/mol. The normalized spacial score (nSPS) is 34.5. The van der Waals surface area contributed by atoms with E-state index in [-0.39, 0.29) is 0 Å². The number of halogens is 2. The van der Waals surface area contributed by atoms with Gasteiger partial charge in [0, 0.05) is 6.08 Å². The summed E-state index contributed by atoms with van der Waals surface area (Å²) in [6, 6.07) is 0. The molecule has 0 aromatic carbocycles. The van der Waals surface area contributed by atoms with Gasteiger partial charge in [0.2, 0.25) is 0 Å². The number of hydrogen-bond donors (Lipinski definition) is 2. The van der Waals surface area contributed by atoms with Gasteiger partial charge in [-0.25, -0.2) is 4.59 Å². The molecule has 0 aromatic heterocycles. The predicted molar refractivity (Wildman–Crippen MR) is 65.9 cm³/mol. The molecule has 5 heteroatoms. The second-order valence-corrected chi connectivity index (χ2v) is 6.52. The van der Waals surface area contributed by atoms with Gasteiger partial charge in [0.25, 0.3) is 0 Å². The summed E-state index contributed by atoms with van der Waals surface area (Å²) in [6.07, 6.45) is 9.48. The van der Waals surface area contributed by atoms with Gasteiger partial charge < -0.3 is 5.32 Å². The van der Waals surface area contributed by atoms with Crippen LogP contribution >= 0.6 is 27.5 Å². The molecule has 1 fully saturated rings. The Morgan fingerprint density at radius 1 is 1.40 bits per heavy atom. The first-order valence-corrected chi connectivity index (χ1v) is 6.40. The van der Waals surface area contributed by atoms with Crippen LogP contribution in [0.25, 0.3) is 0 Å². The number of allylic oxidation sites excluding steroid dienone is 1. The molecule has 0 saturated carbocycles. The lowest BCUT2D eigenvalue weighted by atomic mass is 10.1. The summed E-state index contributed by atoms with van der Waals surface area (Å²) in [4.78, 5) is 0. The molecule has 2 aliphatic rings. The van der Waals surface area contributed by atoms with Crippen molar-refractivity contribution in [3.05, 3.63) is 24.0 Å². The number of rotatable bonds is 1. The zero-order valence-corrected chi connectivity index (χ0v) is 10.9. The van der Waals surface area contributed by atoms with Crippen molar-refractivity contribution in [2.24, 2.45) is 5.84 Å². The largest absolute Gasteiger partial charge is 0.356 e. The first-order valence-electron chi connectivity index (χ1n) is 5.23. The monoisotopic (exact) mass is 292 g/mol. The average molecular weight is 294 g/mol. The molecule has 1 saturated heterocycles. The fourth-order valence-electron chi connectivity index (χ4n) is 2.07. The summed E-state index contributed by atoms with van der Waals surface area (Å²) in [7, 11) is 0. The molecule has 1 unspecified atom stereocenters. The van der Waals surface area contributed by atoms with Gasteiger partial charge in [-0.1, -0.05) is 11.6 Å². The van der Waals surface area contributed by atoms with Gasteiger partial charge in [-0.2, -0.15) is 5.84 Å². The summed E-state index contributed by atoms with van der Waals surface area (Å²) in [5.41, 5.74) is 1.10. The van der Waals surface area contributed by atoms with Crippen LogP contribution in [-0.4, -0.2) is 21.6 Å². The zero-order chi connectivity index (χ0) is 10.9. The first-order chi connectivity index (χ1) is 7.02. The number of piperidine rings is 1. The van der Waals surface area contributed by atoms with Crippen molar-refractivity contribution in [1.82, 2.24) is 5.32 Å². The van der Waals surface area contributed by atoms with Crippen LogP contribution in [0.3, 0.4) is 0 Å². The Balaban J connectivity index is 2.12. The van der Waals surface area contributed by atoms with E-state index in [9.17, 15) is 0 Å². The molecular formula is C10H16BrClN3+. The zero-order valence-electron chi connectivity index (χ0n) is 8.55. The predicted octanol–water partition coefficient (Wildman–Crippen LogP) is 2.15. The Bertz CT molecular complexity index is 306. The highest BCUT2D eigenvalue weighted by molar-refractivity contribution is 9.10. The third kappa shape index (κ3) is 2.56. The van der Waals surface area contributed by atoms with Crippen LogP contribution in [0.4, 0.5) is 0 Å². The molecule has 2 rings (SSSR count).